The van der Waals surface area contributed by atoms with Gasteiger partial charge >= 0.3 is 0 Å². The molecule has 0 unspecified atom stereocenters. The molecule has 0 aliphatic carbocycles. The van der Waals surface area contributed by atoms with Crippen LogP contribution < -0.4 is 9.64 Å². The standard InChI is InChI=1S/C23H25N3O4/c1-30-20-10-6-5-9-19(20)23(29)25-13-11-24(12-14-25)22(28)17-15-21(27)26(16-17)18-7-3-2-4-8-18/h2-10,17H,11-16H2,1H3/t17-/m0/s1. The van der Waals surface area contributed by atoms with Gasteiger partial charge in [-0.05, 0) is 24.3 Å². The van der Waals surface area contributed by atoms with Crippen molar-refractivity contribution in [3.63, 3.8) is 0 Å². The lowest BCUT2D eigenvalue weighted by Gasteiger charge is -2.36. The molecular weight excluding hydrogens is 382 g/mol. The van der Waals surface area contributed by atoms with Crippen LogP contribution in [0.25, 0.3) is 0 Å². The molecule has 2 aliphatic heterocycles. The van der Waals surface area contributed by atoms with Crippen LogP contribution >= 0.6 is 0 Å². The Kier molecular flexibility index (Phi) is 5.70. The van der Waals surface area contributed by atoms with Crippen molar-refractivity contribution in [1.82, 2.24) is 9.80 Å². The maximum Gasteiger partial charge on any atom is 0.257 e. The number of piperazine rings is 1. The van der Waals surface area contributed by atoms with Crippen LogP contribution in [0.3, 0.4) is 0 Å². The minimum Gasteiger partial charge on any atom is -0.496 e. The second kappa shape index (κ2) is 8.57. The maximum absolute atomic E-state index is 13.0. The normalized spacial score (nSPS) is 19.2. The first-order chi connectivity index (χ1) is 14.6. The van der Waals surface area contributed by atoms with Crippen LogP contribution in [0.2, 0.25) is 0 Å². The van der Waals surface area contributed by atoms with E-state index in [0.29, 0.717) is 44.0 Å². The number of rotatable bonds is 4. The molecule has 2 aromatic rings. The van der Waals surface area contributed by atoms with Crippen LogP contribution in [-0.2, 0) is 9.59 Å². The van der Waals surface area contributed by atoms with Gasteiger partial charge in [0.25, 0.3) is 5.91 Å². The monoisotopic (exact) mass is 407 g/mol. The fraction of sp³-hybridized carbons (Fsp3) is 0.348. The van der Waals surface area contributed by atoms with Crippen LogP contribution in [0.15, 0.2) is 54.6 Å². The van der Waals surface area contributed by atoms with E-state index >= 15 is 0 Å². The molecule has 0 radical (unpaired) electrons. The van der Waals surface area contributed by atoms with Crippen molar-refractivity contribution >= 4 is 23.4 Å². The highest BCUT2D eigenvalue weighted by Gasteiger charge is 2.38. The molecule has 1 atom stereocenters. The fourth-order valence-electron chi connectivity index (χ4n) is 4.11. The average molecular weight is 407 g/mol. The number of amides is 3. The van der Waals surface area contributed by atoms with Crippen molar-refractivity contribution in [3.8, 4) is 5.75 Å². The van der Waals surface area contributed by atoms with Gasteiger partial charge in [0, 0.05) is 44.8 Å². The molecule has 7 nitrogen and oxygen atoms in total. The molecule has 0 spiro atoms. The fourth-order valence-corrected chi connectivity index (χ4v) is 4.11. The summed E-state index contributed by atoms with van der Waals surface area (Å²) in [5.41, 5.74) is 1.35. The lowest BCUT2D eigenvalue weighted by molar-refractivity contribution is -0.137. The largest absolute Gasteiger partial charge is 0.496 e. The number of benzene rings is 2. The van der Waals surface area contributed by atoms with Crippen molar-refractivity contribution in [1.29, 1.82) is 0 Å². The molecule has 156 valence electrons. The zero-order valence-corrected chi connectivity index (χ0v) is 17.0. The van der Waals surface area contributed by atoms with E-state index in [-0.39, 0.29) is 30.1 Å². The first-order valence-corrected chi connectivity index (χ1v) is 10.1. The quantitative estimate of drug-likeness (QED) is 0.778. The summed E-state index contributed by atoms with van der Waals surface area (Å²) < 4.78 is 5.29. The molecule has 7 heteroatoms. The number of ether oxygens (including phenoxy) is 1. The minimum absolute atomic E-state index is 0.00817. The zero-order chi connectivity index (χ0) is 21.1. The average Bonchev–Trinajstić information content (AvgIpc) is 3.20. The number of hydrogen-bond donors (Lipinski definition) is 0. The summed E-state index contributed by atoms with van der Waals surface area (Å²) in [6.45, 7) is 2.27. The van der Waals surface area contributed by atoms with Crippen molar-refractivity contribution in [3.05, 3.63) is 60.2 Å². The third-order valence-electron chi connectivity index (χ3n) is 5.76. The zero-order valence-electron chi connectivity index (χ0n) is 17.0. The second-order valence-electron chi connectivity index (χ2n) is 7.56. The molecule has 4 rings (SSSR count). The first kappa shape index (κ1) is 19.9. The molecule has 2 aliphatic rings. The SMILES string of the molecule is COc1ccccc1C(=O)N1CCN(C(=O)[C@H]2CC(=O)N(c3ccccc3)C2)CC1. The van der Waals surface area contributed by atoms with E-state index in [1.54, 1.807) is 33.9 Å². The number of carbonyl (C=O) groups is 3. The van der Waals surface area contributed by atoms with E-state index in [1.807, 2.05) is 42.5 Å². The van der Waals surface area contributed by atoms with E-state index < -0.39 is 0 Å². The van der Waals surface area contributed by atoms with Gasteiger partial charge in [-0.1, -0.05) is 30.3 Å². The van der Waals surface area contributed by atoms with Gasteiger partial charge in [-0.3, -0.25) is 14.4 Å². The first-order valence-electron chi connectivity index (χ1n) is 10.1. The summed E-state index contributed by atoms with van der Waals surface area (Å²) >= 11 is 0. The van der Waals surface area contributed by atoms with Crippen molar-refractivity contribution < 1.29 is 19.1 Å². The summed E-state index contributed by atoms with van der Waals surface area (Å²) in [5.74, 6) is 0.0854. The molecule has 2 heterocycles. The number of hydrogen-bond acceptors (Lipinski definition) is 4. The van der Waals surface area contributed by atoms with Crippen molar-refractivity contribution in [2.75, 3.05) is 44.7 Å². The Bertz CT molecular complexity index is 938. The third-order valence-corrected chi connectivity index (χ3v) is 5.76. The smallest absolute Gasteiger partial charge is 0.257 e. The van der Waals surface area contributed by atoms with Gasteiger partial charge in [0.05, 0.1) is 18.6 Å². The molecular formula is C23H25N3O4. The van der Waals surface area contributed by atoms with Crippen LogP contribution in [0, 0.1) is 5.92 Å². The van der Waals surface area contributed by atoms with E-state index in [2.05, 4.69) is 0 Å². The number of anilines is 1. The van der Waals surface area contributed by atoms with Gasteiger partial charge in [-0.15, -0.1) is 0 Å². The summed E-state index contributed by atoms with van der Waals surface area (Å²) in [7, 11) is 1.55. The van der Waals surface area contributed by atoms with Crippen LogP contribution in [-0.4, -0.2) is 67.4 Å². The molecule has 30 heavy (non-hydrogen) atoms. The molecule has 0 N–H and O–H groups in total. The van der Waals surface area contributed by atoms with E-state index in [1.165, 1.54) is 0 Å². The molecule has 3 amide bonds. The van der Waals surface area contributed by atoms with Gasteiger partial charge < -0.3 is 19.4 Å². The van der Waals surface area contributed by atoms with Gasteiger partial charge in [-0.2, -0.15) is 0 Å². The Morgan fingerprint density at radius 2 is 1.53 bits per heavy atom. The number of methoxy groups -OCH3 is 1. The molecule has 2 fully saturated rings. The minimum atomic E-state index is -0.339. The van der Waals surface area contributed by atoms with E-state index in [4.69, 9.17) is 4.74 Å². The molecule has 0 aromatic heterocycles. The van der Waals surface area contributed by atoms with Crippen LogP contribution in [0.4, 0.5) is 5.69 Å². The summed E-state index contributed by atoms with van der Waals surface area (Å²) in [6.07, 6.45) is 0.230. The van der Waals surface area contributed by atoms with Gasteiger partial charge in [0.15, 0.2) is 0 Å². The van der Waals surface area contributed by atoms with Crippen LogP contribution in [0.5, 0.6) is 5.75 Å². The lowest BCUT2D eigenvalue weighted by Crippen LogP contribution is -2.52. The highest BCUT2D eigenvalue weighted by molar-refractivity contribution is 6.00. The van der Waals surface area contributed by atoms with Crippen molar-refractivity contribution in [2.24, 2.45) is 5.92 Å². The van der Waals surface area contributed by atoms with Crippen molar-refractivity contribution in [2.45, 2.75) is 6.42 Å². The molecule has 2 aromatic carbocycles. The summed E-state index contributed by atoms with van der Waals surface area (Å²) in [4.78, 5) is 43.5. The lowest BCUT2D eigenvalue weighted by atomic mass is 10.1. The molecule has 0 bridgehead atoms. The maximum atomic E-state index is 13.0. The Balaban J connectivity index is 1.36. The highest BCUT2D eigenvalue weighted by Crippen LogP contribution is 2.27. The third kappa shape index (κ3) is 3.87. The van der Waals surface area contributed by atoms with E-state index in [9.17, 15) is 14.4 Å². The second-order valence-corrected chi connectivity index (χ2v) is 7.56. The number of para-hydroxylation sites is 2. The summed E-state index contributed by atoms with van der Waals surface area (Å²) in [6, 6.07) is 16.6. The number of nitrogens with zero attached hydrogens (tertiary/aromatic N) is 3. The van der Waals surface area contributed by atoms with Gasteiger partial charge in [0.1, 0.15) is 5.75 Å². The Hall–Kier alpha value is -3.35. The molecule has 2 saturated heterocycles. The van der Waals surface area contributed by atoms with Gasteiger partial charge in [-0.25, -0.2) is 0 Å². The van der Waals surface area contributed by atoms with Gasteiger partial charge in [0.2, 0.25) is 11.8 Å². The predicted molar refractivity (Wildman–Crippen MR) is 112 cm³/mol. The Labute approximate surface area is 175 Å². The van der Waals surface area contributed by atoms with E-state index in [0.717, 1.165) is 5.69 Å². The number of carbonyl (C=O) groups excluding carboxylic acids is 3. The Morgan fingerprint density at radius 3 is 2.23 bits per heavy atom. The topological polar surface area (TPSA) is 70.2 Å². The molecule has 0 saturated carbocycles. The highest BCUT2D eigenvalue weighted by atomic mass is 16.5. The predicted octanol–water partition coefficient (Wildman–Crippen LogP) is 2.03. The van der Waals surface area contributed by atoms with Crippen LogP contribution in [0.1, 0.15) is 16.8 Å². The Morgan fingerprint density at radius 1 is 0.900 bits per heavy atom. The summed E-state index contributed by atoms with van der Waals surface area (Å²) in [5, 5.41) is 0.